The first-order chi connectivity index (χ1) is 29.2. The van der Waals surface area contributed by atoms with Gasteiger partial charge in [-0.1, -0.05) is 39.8 Å². The number of hydrogen-bond acceptors (Lipinski definition) is 8. The maximum atomic E-state index is 13.3. The van der Waals surface area contributed by atoms with E-state index < -0.39 is 5.91 Å². The van der Waals surface area contributed by atoms with Gasteiger partial charge in [0.05, 0.1) is 12.1 Å². The monoisotopic (exact) mass is 831 g/mol. The number of amides is 6. The summed E-state index contributed by atoms with van der Waals surface area (Å²) in [6.45, 7) is 8.89. The summed E-state index contributed by atoms with van der Waals surface area (Å²) in [5.74, 6) is -1.40. The fourth-order valence-electron chi connectivity index (χ4n) is 7.12. The molecule has 0 spiro atoms. The number of H-pyrrole nitrogens is 3. The zero-order chi connectivity index (χ0) is 43.8. The van der Waals surface area contributed by atoms with Gasteiger partial charge in [-0.15, -0.1) is 0 Å². The minimum absolute atomic E-state index is 0.125. The molecule has 0 bridgehead atoms. The number of rotatable bonds is 18. The molecule has 6 amide bonds. The van der Waals surface area contributed by atoms with Crippen LogP contribution in [0.3, 0.4) is 0 Å². The first-order valence-corrected chi connectivity index (χ1v) is 20.2. The average molecular weight is 832 g/mol. The molecule has 2 atom stereocenters. The van der Waals surface area contributed by atoms with Crippen LogP contribution in [0.4, 0.5) is 11.4 Å². The molecule has 3 aromatic carbocycles. The minimum Gasteiger partial charge on any atom is -0.353 e. The number of nitrogens with one attached hydrogen (secondary N) is 11. The summed E-state index contributed by atoms with van der Waals surface area (Å²) < 4.78 is 0. The predicted octanol–water partition coefficient (Wildman–Crippen LogP) is 3.82. The van der Waals surface area contributed by atoms with Crippen molar-refractivity contribution in [2.45, 2.75) is 39.8 Å². The largest absolute Gasteiger partial charge is 0.353 e. The highest BCUT2D eigenvalue weighted by Gasteiger charge is 2.21. The summed E-state index contributed by atoms with van der Waals surface area (Å²) in [4.78, 5) is 86.2. The van der Waals surface area contributed by atoms with Gasteiger partial charge in [-0.2, -0.15) is 0 Å². The van der Waals surface area contributed by atoms with E-state index in [1.807, 2.05) is 27.7 Å². The number of aromatic amines is 3. The fraction of sp³-hybridized carbons (Fsp3) is 0.318. The van der Waals surface area contributed by atoms with Crippen molar-refractivity contribution in [1.82, 2.24) is 46.9 Å². The molecule has 0 saturated carbocycles. The van der Waals surface area contributed by atoms with Crippen LogP contribution in [0, 0.1) is 11.8 Å². The van der Waals surface area contributed by atoms with Crippen LogP contribution in [0.25, 0.3) is 32.7 Å². The van der Waals surface area contributed by atoms with E-state index in [9.17, 15) is 28.8 Å². The molecule has 17 nitrogen and oxygen atoms in total. The van der Waals surface area contributed by atoms with Crippen molar-refractivity contribution in [2.75, 3.05) is 50.9 Å². The standard InChI is InChI=1S/C44H53N11O6/c1-23(2)37(45-5)43(60)49-15-13-47-40(57)34-18-25-7-10-29(21-32(25)54-34)51-39(56)27-9-12-31-28(17-27)20-36(53-31)42(59)52-30-11-8-26-19-35(55-33(26)22-30)41(58)48-14-16-50-44(61)38(46-6)24(3)4/h7-12,17-24,37-38,45-46,53-55H,13-16H2,1-6H3,(H,47,57)(H,48,58)(H,49,60)(H,50,61)(H,51,56)(H,52,59)/t37-,38-/m0/s1. The van der Waals surface area contributed by atoms with E-state index in [-0.39, 0.29) is 85.3 Å². The van der Waals surface area contributed by atoms with Gasteiger partial charge >= 0.3 is 0 Å². The number of carbonyl (C=O) groups is 6. The van der Waals surface area contributed by atoms with Crippen LogP contribution in [-0.4, -0.2) is 103 Å². The number of benzene rings is 3. The summed E-state index contributed by atoms with van der Waals surface area (Å²) in [6, 6.07) is 20.1. The minimum atomic E-state index is -0.394. The highest BCUT2D eigenvalue weighted by atomic mass is 16.2. The zero-order valence-electron chi connectivity index (χ0n) is 35.0. The highest BCUT2D eigenvalue weighted by Crippen LogP contribution is 2.24. The Kier molecular flexibility index (Phi) is 13.9. The lowest BCUT2D eigenvalue weighted by Crippen LogP contribution is -2.47. The van der Waals surface area contributed by atoms with Gasteiger partial charge in [0.15, 0.2) is 0 Å². The van der Waals surface area contributed by atoms with E-state index in [0.717, 1.165) is 10.8 Å². The third kappa shape index (κ3) is 10.6. The van der Waals surface area contributed by atoms with Crippen LogP contribution in [0.15, 0.2) is 72.8 Å². The van der Waals surface area contributed by atoms with Gasteiger partial charge in [0, 0.05) is 75.8 Å². The Labute approximate surface area is 352 Å². The molecule has 0 aliphatic heterocycles. The predicted molar refractivity (Wildman–Crippen MR) is 237 cm³/mol. The van der Waals surface area contributed by atoms with Gasteiger partial charge in [-0.05, 0) is 86.6 Å². The molecule has 0 fully saturated rings. The molecule has 6 aromatic rings. The Balaban J connectivity index is 1.01. The zero-order valence-corrected chi connectivity index (χ0v) is 35.0. The number of carbonyl (C=O) groups excluding carboxylic acids is 6. The Bertz CT molecular complexity index is 2450. The number of hydrogen-bond donors (Lipinski definition) is 11. The van der Waals surface area contributed by atoms with Gasteiger partial charge in [0.2, 0.25) is 11.8 Å². The van der Waals surface area contributed by atoms with E-state index in [0.29, 0.717) is 50.3 Å². The topological polar surface area (TPSA) is 246 Å². The van der Waals surface area contributed by atoms with Crippen molar-refractivity contribution in [1.29, 1.82) is 0 Å². The molecule has 0 aliphatic carbocycles. The molecule has 17 heteroatoms. The van der Waals surface area contributed by atoms with Crippen LogP contribution in [0.1, 0.15) is 69.5 Å². The highest BCUT2D eigenvalue weighted by molar-refractivity contribution is 6.10. The van der Waals surface area contributed by atoms with Gasteiger partial charge < -0.3 is 57.5 Å². The van der Waals surface area contributed by atoms with E-state index in [1.165, 1.54) is 0 Å². The first kappa shape index (κ1) is 43.6. The summed E-state index contributed by atoms with van der Waals surface area (Å²) in [7, 11) is 3.47. The Hall–Kier alpha value is -6.98. The smallest absolute Gasteiger partial charge is 0.272 e. The molecule has 0 saturated heterocycles. The van der Waals surface area contributed by atoms with Crippen molar-refractivity contribution < 1.29 is 28.8 Å². The lowest BCUT2D eigenvalue weighted by molar-refractivity contribution is -0.124. The van der Waals surface area contributed by atoms with Crippen molar-refractivity contribution >= 4 is 79.5 Å². The van der Waals surface area contributed by atoms with Crippen LogP contribution >= 0.6 is 0 Å². The number of fused-ring (bicyclic) bond motifs is 3. The SMILES string of the molecule is CN[C@H](C(=O)NCCNC(=O)c1cc2ccc(NC(=O)c3ccc4[nH]c(C(=O)Nc5ccc6cc(C(=O)NCCNC(=O)[C@@H](NC)C(C)C)[nH]c6c5)cc4c3)cc2[nH]1)C(C)C. The molecular formula is C44H53N11O6. The van der Waals surface area contributed by atoms with Crippen LogP contribution in [-0.2, 0) is 9.59 Å². The van der Waals surface area contributed by atoms with Crippen molar-refractivity contribution in [3.63, 3.8) is 0 Å². The third-order valence-corrected chi connectivity index (χ3v) is 10.3. The lowest BCUT2D eigenvalue weighted by atomic mass is 10.0. The second-order valence-corrected chi connectivity index (χ2v) is 15.5. The van der Waals surface area contributed by atoms with Crippen LogP contribution < -0.4 is 42.5 Å². The summed E-state index contributed by atoms with van der Waals surface area (Å²) in [5, 5.41) is 25.2. The molecule has 61 heavy (non-hydrogen) atoms. The maximum absolute atomic E-state index is 13.3. The van der Waals surface area contributed by atoms with E-state index in [2.05, 4.69) is 57.5 Å². The second kappa shape index (κ2) is 19.4. The van der Waals surface area contributed by atoms with Crippen molar-refractivity contribution in [3.05, 3.63) is 95.4 Å². The molecule has 0 aliphatic rings. The van der Waals surface area contributed by atoms with Gasteiger partial charge in [0.1, 0.15) is 17.1 Å². The number of likely N-dealkylation sites (N-methyl/N-ethyl adjacent to an activating group) is 2. The molecule has 3 heterocycles. The average Bonchev–Trinajstić information content (AvgIpc) is 3.98. The summed E-state index contributed by atoms with van der Waals surface area (Å²) in [5.41, 5.74) is 4.35. The Morgan fingerprint density at radius 2 is 0.885 bits per heavy atom. The lowest BCUT2D eigenvalue weighted by Gasteiger charge is -2.19. The molecule has 320 valence electrons. The molecule has 11 N–H and O–H groups in total. The first-order valence-electron chi connectivity index (χ1n) is 20.2. The van der Waals surface area contributed by atoms with Crippen molar-refractivity contribution in [2.24, 2.45) is 11.8 Å². The second-order valence-electron chi connectivity index (χ2n) is 15.5. The fourth-order valence-corrected chi connectivity index (χ4v) is 7.12. The molecule has 0 radical (unpaired) electrons. The van der Waals surface area contributed by atoms with E-state index in [4.69, 9.17) is 0 Å². The van der Waals surface area contributed by atoms with Gasteiger partial charge in [-0.3, -0.25) is 28.8 Å². The molecule has 0 unspecified atom stereocenters. The number of anilines is 2. The summed E-state index contributed by atoms with van der Waals surface area (Å²) in [6.07, 6.45) is 0. The summed E-state index contributed by atoms with van der Waals surface area (Å²) >= 11 is 0. The molecule has 3 aromatic heterocycles. The number of aromatic nitrogens is 3. The molecular weight excluding hydrogens is 779 g/mol. The van der Waals surface area contributed by atoms with Crippen molar-refractivity contribution in [3.8, 4) is 0 Å². The van der Waals surface area contributed by atoms with Gasteiger partial charge in [-0.25, -0.2) is 0 Å². The maximum Gasteiger partial charge on any atom is 0.272 e. The molecule has 6 rings (SSSR count). The Morgan fingerprint density at radius 3 is 1.36 bits per heavy atom. The third-order valence-electron chi connectivity index (χ3n) is 10.3. The van der Waals surface area contributed by atoms with Gasteiger partial charge in [0.25, 0.3) is 23.6 Å². The van der Waals surface area contributed by atoms with Crippen LogP contribution in [0.5, 0.6) is 0 Å². The quantitative estimate of drug-likeness (QED) is 0.0568. The van der Waals surface area contributed by atoms with Crippen LogP contribution in [0.2, 0.25) is 0 Å². The van der Waals surface area contributed by atoms with E-state index in [1.54, 1.807) is 86.9 Å². The Morgan fingerprint density at radius 1 is 0.459 bits per heavy atom. The normalized spacial score (nSPS) is 12.4. The van der Waals surface area contributed by atoms with E-state index >= 15 is 0 Å².